The highest BCUT2D eigenvalue weighted by molar-refractivity contribution is 5.82. The lowest BCUT2D eigenvalue weighted by Crippen LogP contribution is -2.54. The van der Waals surface area contributed by atoms with Gasteiger partial charge < -0.3 is 10.1 Å². The van der Waals surface area contributed by atoms with Crippen molar-refractivity contribution in [1.82, 2.24) is 10.3 Å². The first-order valence-corrected chi connectivity index (χ1v) is 12.2. The van der Waals surface area contributed by atoms with Crippen LogP contribution in [0.15, 0.2) is 60.0 Å². The molecule has 2 aromatic rings. The normalized spacial score (nSPS) is 40.0. The molecule has 2 spiro atoms. The number of benzene rings is 1. The smallest absolute Gasteiger partial charge is 0.220 e. The fraction of sp³-hybridized carbons (Fsp3) is 0.500. The molecule has 4 heteroatoms. The van der Waals surface area contributed by atoms with Gasteiger partial charge in [0, 0.05) is 24.2 Å². The summed E-state index contributed by atoms with van der Waals surface area (Å²) < 4.78 is 7.18. The first kappa shape index (κ1) is 19.0. The molecule has 0 unspecified atom stereocenters. The molecule has 1 saturated carbocycles. The van der Waals surface area contributed by atoms with Gasteiger partial charge in [-0.25, -0.2) is 0 Å². The lowest BCUT2D eigenvalue weighted by molar-refractivity contribution is -0.130. The summed E-state index contributed by atoms with van der Waals surface area (Å²) in [6.07, 6.45) is 15.8. The monoisotopic (exact) mass is 426 g/mol. The summed E-state index contributed by atoms with van der Waals surface area (Å²) in [7, 11) is 0. The van der Waals surface area contributed by atoms with Crippen LogP contribution >= 0.6 is 0 Å². The minimum absolute atomic E-state index is 0.160. The predicted molar refractivity (Wildman–Crippen MR) is 124 cm³/mol. The molecule has 164 valence electrons. The summed E-state index contributed by atoms with van der Waals surface area (Å²) in [5.74, 6) is 1.21. The van der Waals surface area contributed by atoms with Gasteiger partial charge in [0.1, 0.15) is 5.60 Å². The molecule has 0 radical (unpaired) electrons. The van der Waals surface area contributed by atoms with Crippen molar-refractivity contribution in [3.63, 3.8) is 0 Å². The van der Waals surface area contributed by atoms with Gasteiger partial charge in [-0.15, -0.1) is 0 Å². The van der Waals surface area contributed by atoms with E-state index in [9.17, 15) is 4.79 Å². The van der Waals surface area contributed by atoms with Crippen LogP contribution in [0.25, 0.3) is 10.8 Å². The Labute approximate surface area is 189 Å². The van der Waals surface area contributed by atoms with E-state index in [1.165, 1.54) is 40.3 Å². The van der Waals surface area contributed by atoms with Gasteiger partial charge in [0.2, 0.25) is 5.91 Å². The van der Waals surface area contributed by atoms with Crippen LogP contribution in [0.2, 0.25) is 0 Å². The van der Waals surface area contributed by atoms with Crippen molar-refractivity contribution in [3.8, 4) is 0 Å². The number of allylic oxidation sites excluding steroid dienone is 1. The molecule has 2 bridgehead atoms. The Bertz CT molecular complexity index is 1210. The zero-order valence-electron chi connectivity index (χ0n) is 18.7. The molecule has 5 aliphatic rings. The molecule has 3 fully saturated rings. The van der Waals surface area contributed by atoms with E-state index in [0.717, 1.165) is 25.7 Å². The van der Waals surface area contributed by atoms with E-state index in [1.54, 1.807) is 0 Å². The molecule has 1 N–H and O–H groups in total. The number of nitrogens with one attached hydrogen (secondary N) is 1. The molecular formula is C28H30N2O2. The predicted octanol–water partition coefficient (Wildman–Crippen LogP) is 5.20. The average molecular weight is 427 g/mol. The highest BCUT2D eigenvalue weighted by Gasteiger charge is 2.66. The Kier molecular flexibility index (Phi) is 3.76. The van der Waals surface area contributed by atoms with Gasteiger partial charge in [-0.1, -0.05) is 31.2 Å². The Morgan fingerprint density at radius 3 is 3.00 bits per heavy atom. The Morgan fingerprint density at radius 1 is 1.12 bits per heavy atom. The van der Waals surface area contributed by atoms with Crippen LogP contribution in [0, 0.1) is 11.3 Å². The van der Waals surface area contributed by atoms with Gasteiger partial charge in [0.15, 0.2) is 0 Å². The number of fused-ring (bicyclic) bond motifs is 2. The number of aromatic nitrogens is 1. The van der Waals surface area contributed by atoms with Crippen molar-refractivity contribution < 1.29 is 9.53 Å². The zero-order chi connectivity index (χ0) is 21.6. The second-order valence-corrected chi connectivity index (χ2v) is 11.0. The maximum atomic E-state index is 12.1. The minimum Gasteiger partial charge on any atom is -0.357 e. The topological polar surface area (TPSA) is 51.2 Å². The molecule has 3 aliphatic heterocycles. The number of rotatable bonds is 1. The molecule has 2 aliphatic carbocycles. The molecular weight excluding hydrogens is 396 g/mol. The summed E-state index contributed by atoms with van der Waals surface area (Å²) in [6, 6.07) is 9.06. The standard InChI is InChI=1S/C28H30N2O2/c1-26-10-8-22-15-21-4-7-25(31)30-17-27(21)11-12-28(22,32-27)24(26)6-5-23(26)19-3-2-18-9-13-29-16-20(18)14-19/h2-3,8-9,13-16,23-24H,4-7,10-12,17H2,1H3,(H,30,31)/t23-,24-,26-,27-,28-/m1/s1. The van der Waals surface area contributed by atoms with Crippen LogP contribution in [0.1, 0.15) is 63.4 Å². The summed E-state index contributed by atoms with van der Waals surface area (Å²) in [5.41, 5.74) is 3.92. The van der Waals surface area contributed by atoms with Crippen molar-refractivity contribution in [3.05, 3.63) is 65.5 Å². The largest absolute Gasteiger partial charge is 0.357 e. The number of pyridine rings is 1. The number of amides is 1. The quantitative estimate of drug-likeness (QED) is 0.682. The second-order valence-electron chi connectivity index (χ2n) is 11.0. The van der Waals surface area contributed by atoms with Crippen molar-refractivity contribution in [2.75, 3.05) is 6.54 Å². The molecule has 2 saturated heterocycles. The van der Waals surface area contributed by atoms with Crippen molar-refractivity contribution in [2.45, 2.75) is 69.0 Å². The summed E-state index contributed by atoms with van der Waals surface area (Å²) in [5, 5.41) is 5.64. The van der Waals surface area contributed by atoms with Crippen LogP contribution in [0.4, 0.5) is 0 Å². The molecule has 5 atom stereocenters. The molecule has 1 aromatic carbocycles. The van der Waals surface area contributed by atoms with E-state index >= 15 is 0 Å². The Hall–Kier alpha value is -2.46. The van der Waals surface area contributed by atoms with E-state index in [-0.39, 0.29) is 22.5 Å². The van der Waals surface area contributed by atoms with Crippen LogP contribution < -0.4 is 5.32 Å². The molecule has 1 amide bonds. The van der Waals surface area contributed by atoms with E-state index in [0.29, 0.717) is 24.8 Å². The van der Waals surface area contributed by atoms with Gasteiger partial charge in [-0.2, -0.15) is 0 Å². The third kappa shape index (κ3) is 2.37. The van der Waals surface area contributed by atoms with Crippen LogP contribution in [-0.2, 0) is 9.53 Å². The molecule has 1 aromatic heterocycles. The van der Waals surface area contributed by atoms with Crippen LogP contribution in [-0.4, -0.2) is 28.6 Å². The zero-order valence-corrected chi connectivity index (χ0v) is 18.7. The second kappa shape index (κ2) is 6.32. The fourth-order valence-electron chi connectivity index (χ4n) is 7.99. The fourth-order valence-corrected chi connectivity index (χ4v) is 7.99. The van der Waals surface area contributed by atoms with E-state index in [2.05, 4.69) is 53.6 Å². The maximum Gasteiger partial charge on any atom is 0.220 e. The highest BCUT2D eigenvalue weighted by Crippen LogP contribution is 2.68. The van der Waals surface area contributed by atoms with Crippen LogP contribution in [0.3, 0.4) is 0 Å². The van der Waals surface area contributed by atoms with Crippen molar-refractivity contribution in [2.24, 2.45) is 11.3 Å². The van der Waals surface area contributed by atoms with E-state index in [1.807, 2.05) is 12.4 Å². The van der Waals surface area contributed by atoms with E-state index in [4.69, 9.17) is 4.74 Å². The number of hydrogen-bond donors (Lipinski definition) is 1. The number of carbonyl (C=O) groups excluding carboxylic acids is 1. The summed E-state index contributed by atoms with van der Waals surface area (Å²) in [4.78, 5) is 16.5. The van der Waals surface area contributed by atoms with Crippen molar-refractivity contribution >= 4 is 16.7 Å². The SMILES string of the molecule is C[C@]12CC=C3C=C4CCC(=O)NC[C@]45CC[C@]3(O5)[C@@H]1CC[C@@H]2c1ccc2ccncc2c1. The van der Waals surface area contributed by atoms with Gasteiger partial charge in [-0.05, 0) is 90.0 Å². The number of nitrogens with zero attached hydrogens (tertiary/aromatic N) is 1. The summed E-state index contributed by atoms with van der Waals surface area (Å²) >= 11 is 0. The number of hydrogen-bond acceptors (Lipinski definition) is 3. The molecule has 7 rings (SSSR count). The maximum absolute atomic E-state index is 12.1. The lowest BCUT2D eigenvalue weighted by atomic mass is 9.58. The minimum atomic E-state index is -0.283. The Morgan fingerprint density at radius 2 is 2.06 bits per heavy atom. The molecule has 4 nitrogen and oxygen atoms in total. The van der Waals surface area contributed by atoms with Gasteiger partial charge in [-0.3, -0.25) is 9.78 Å². The average Bonchev–Trinajstić information content (AvgIpc) is 3.28. The molecule has 4 heterocycles. The Balaban J connectivity index is 1.30. The van der Waals surface area contributed by atoms with Crippen molar-refractivity contribution in [1.29, 1.82) is 0 Å². The summed E-state index contributed by atoms with van der Waals surface area (Å²) in [6.45, 7) is 3.14. The third-order valence-electron chi connectivity index (χ3n) is 9.60. The first-order chi connectivity index (χ1) is 15.5. The lowest BCUT2D eigenvalue weighted by Gasteiger charge is -2.53. The number of ether oxygens (including phenoxy) is 1. The van der Waals surface area contributed by atoms with Gasteiger partial charge in [0.05, 0.1) is 12.1 Å². The molecule has 32 heavy (non-hydrogen) atoms. The van der Waals surface area contributed by atoms with Gasteiger partial charge in [0.25, 0.3) is 0 Å². The third-order valence-corrected chi connectivity index (χ3v) is 9.60. The highest BCUT2D eigenvalue weighted by atomic mass is 16.5. The van der Waals surface area contributed by atoms with Gasteiger partial charge >= 0.3 is 0 Å². The van der Waals surface area contributed by atoms with Crippen LogP contribution in [0.5, 0.6) is 0 Å². The van der Waals surface area contributed by atoms with E-state index < -0.39 is 0 Å². The first-order valence-electron chi connectivity index (χ1n) is 12.2. The number of carbonyl (C=O) groups is 1.